The van der Waals surface area contributed by atoms with E-state index in [0.29, 0.717) is 12.3 Å². The summed E-state index contributed by atoms with van der Waals surface area (Å²) in [5, 5.41) is 14.4. The Morgan fingerprint density at radius 2 is 1.11 bits per heavy atom. The molecule has 8 fully saturated rings. The standard InChI is InChI=1S/C39H60N4S/c1-2-9-25(10-3-1)37-40-38-30-14-6-11-26(21-30)28-13-8-16-32(23-28)43-33-17-4-5-18-35(33)44-36-20-19-29(24-34(36)43)27-12-7-15-31(22-27)39(41-37)42-38/h1-3,9-10,26-42H,4-8,11-24H2. The van der Waals surface area contributed by atoms with E-state index < -0.39 is 0 Å². The molecule has 9 rings (SSSR count). The second-order valence-corrected chi connectivity index (χ2v) is 18.4. The summed E-state index contributed by atoms with van der Waals surface area (Å²) in [6.45, 7) is 0. The number of fused-ring (bicyclic) bond motifs is 16. The largest absolute Gasteiger partial charge is 0.292 e. The quantitative estimate of drug-likeness (QED) is 0.297. The first-order chi connectivity index (χ1) is 21.8. The van der Waals surface area contributed by atoms with E-state index in [2.05, 4.69) is 62.9 Å². The van der Waals surface area contributed by atoms with Crippen molar-refractivity contribution in [3.8, 4) is 0 Å². The Labute approximate surface area is 272 Å². The first kappa shape index (κ1) is 29.5. The Morgan fingerprint density at radius 3 is 1.86 bits per heavy atom. The molecule has 44 heavy (non-hydrogen) atoms. The molecule has 3 heterocycles. The molecular weight excluding hydrogens is 557 g/mol. The van der Waals surface area contributed by atoms with Gasteiger partial charge in [-0.3, -0.25) is 20.9 Å². The minimum absolute atomic E-state index is 0.262. The van der Waals surface area contributed by atoms with Gasteiger partial charge >= 0.3 is 0 Å². The molecular formula is C39H60N4S. The molecule has 4 nitrogen and oxygen atoms in total. The highest BCUT2D eigenvalue weighted by Crippen LogP contribution is 2.53. The Bertz CT molecular complexity index is 1110. The van der Waals surface area contributed by atoms with E-state index in [4.69, 9.17) is 0 Å². The fourth-order valence-electron chi connectivity index (χ4n) is 12.6. The summed E-state index contributed by atoms with van der Waals surface area (Å²) in [4.78, 5) is 3.33. The molecule has 3 aliphatic heterocycles. The summed E-state index contributed by atoms with van der Waals surface area (Å²) in [6.07, 6.45) is 29.2. The van der Waals surface area contributed by atoms with Crippen molar-refractivity contribution >= 4 is 11.8 Å². The van der Waals surface area contributed by atoms with Gasteiger partial charge in [0.2, 0.25) is 0 Å². The maximum absolute atomic E-state index is 4.29. The van der Waals surface area contributed by atoms with Crippen molar-refractivity contribution < 1.29 is 0 Å². The second-order valence-electron chi connectivity index (χ2n) is 16.9. The van der Waals surface area contributed by atoms with Crippen LogP contribution < -0.4 is 16.0 Å². The van der Waals surface area contributed by atoms with Crippen molar-refractivity contribution in [3.05, 3.63) is 35.9 Å². The summed E-state index contributed by atoms with van der Waals surface area (Å²) in [5.74, 6) is 5.30. The van der Waals surface area contributed by atoms with Crippen LogP contribution >= 0.6 is 11.8 Å². The molecule has 242 valence electrons. The number of benzene rings is 1. The predicted molar refractivity (Wildman–Crippen MR) is 183 cm³/mol. The first-order valence-corrected chi connectivity index (χ1v) is 20.5. The van der Waals surface area contributed by atoms with E-state index in [1.807, 2.05) is 0 Å². The highest BCUT2D eigenvalue weighted by Gasteiger charge is 2.51. The molecule has 1 aromatic rings. The van der Waals surface area contributed by atoms with Crippen molar-refractivity contribution in [2.75, 3.05) is 0 Å². The van der Waals surface area contributed by atoms with Gasteiger partial charge in [0, 0.05) is 28.6 Å². The average molecular weight is 617 g/mol. The Morgan fingerprint density at radius 1 is 0.500 bits per heavy atom. The van der Waals surface area contributed by atoms with Gasteiger partial charge < -0.3 is 0 Å². The summed E-state index contributed by atoms with van der Waals surface area (Å²) < 4.78 is 0. The third-order valence-electron chi connectivity index (χ3n) is 14.7. The number of nitrogens with one attached hydrogen (secondary N) is 3. The first-order valence-electron chi connectivity index (χ1n) is 19.5. The molecule has 3 saturated heterocycles. The van der Waals surface area contributed by atoms with Gasteiger partial charge in [-0.25, -0.2) is 0 Å². The molecule has 14 unspecified atom stereocenters. The third kappa shape index (κ3) is 5.65. The van der Waals surface area contributed by atoms with Crippen LogP contribution in [0.3, 0.4) is 0 Å². The van der Waals surface area contributed by atoms with Gasteiger partial charge in [-0.05, 0) is 112 Å². The van der Waals surface area contributed by atoms with Gasteiger partial charge in [0.05, 0.1) is 18.5 Å². The van der Waals surface area contributed by atoms with Gasteiger partial charge in [-0.15, -0.1) is 0 Å². The van der Waals surface area contributed by atoms with E-state index >= 15 is 0 Å². The Kier molecular flexibility index (Phi) is 8.59. The van der Waals surface area contributed by atoms with Crippen LogP contribution in [0.2, 0.25) is 0 Å². The minimum Gasteiger partial charge on any atom is -0.292 e. The number of nitrogens with zero attached hydrogens (tertiary/aromatic N) is 1. The predicted octanol–water partition coefficient (Wildman–Crippen LogP) is 8.20. The van der Waals surface area contributed by atoms with E-state index in [-0.39, 0.29) is 6.17 Å². The van der Waals surface area contributed by atoms with Gasteiger partial charge in [0.25, 0.3) is 0 Å². The van der Waals surface area contributed by atoms with Crippen LogP contribution in [0.1, 0.15) is 134 Å². The minimum atomic E-state index is 0.262. The summed E-state index contributed by atoms with van der Waals surface area (Å²) in [7, 11) is 0. The molecule has 8 aliphatic rings. The monoisotopic (exact) mass is 616 g/mol. The SMILES string of the molecule is c1ccc(C2NC3NC(N2)C2CCCC(C2)C2CCC4SC5CCCCC5N(C5CCCC(C5)C5CCCC3C5)C4C2)cc1. The van der Waals surface area contributed by atoms with Gasteiger partial charge in [0.1, 0.15) is 0 Å². The fourth-order valence-corrected chi connectivity index (χ4v) is 14.5. The Hall–Kier alpha value is -0.590. The van der Waals surface area contributed by atoms with Crippen LogP contribution in [0.5, 0.6) is 0 Å². The van der Waals surface area contributed by atoms with E-state index in [0.717, 1.165) is 64.1 Å². The lowest BCUT2D eigenvalue weighted by Gasteiger charge is -2.59. The van der Waals surface area contributed by atoms with Crippen LogP contribution in [-0.2, 0) is 0 Å². The fraction of sp³-hybridized carbons (Fsp3) is 0.846. The maximum atomic E-state index is 4.29. The van der Waals surface area contributed by atoms with Crippen LogP contribution in [0.25, 0.3) is 0 Å². The zero-order chi connectivity index (χ0) is 29.0. The van der Waals surface area contributed by atoms with Crippen LogP contribution in [0.4, 0.5) is 0 Å². The maximum Gasteiger partial charge on any atom is 0.0859 e. The molecule has 0 amide bonds. The van der Waals surface area contributed by atoms with E-state index in [1.165, 1.54) is 128 Å². The summed E-state index contributed by atoms with van der Waals surface area (Å²) in [6, 6.07) is 14.0. The van der Waals surface area contributed by atoms with Gasteiger partial charge in [-0.1, -0.05) is 81.7 Å². The normalized spacial score (nSPS) is 49.5. The molecule has 0 spiro atoms. The number of hydrogen-bond acceptors (Lipinski definition) is 5. The lowest BCUT2D eigenvalue weighted by molar-refractivity contribution is -0.0235. The smallest absolute Gasteiger partial charge is 0.0859 e. The van der Waals surface area contributed by atoms with Gasteiger partial charge in [-0.2, -0.15) is 11.8 Å². The Balaban J connectivity index is 1.06. The van der Waals surface area contributed by atoms with Gasteiger partial charge in [0.15, 0.2) is 0 Å². The molecule has 5 heteroatoms. The lowest BCUT2D eigenvalue weighted by Crippen LogP contribution is -2.68. The summed E-state index contributed by atoms with van der Waals surface area (Å²) >= 11 is 2.50. The molecule has 0 radical (unpaired) electrons. The van der Waals surface area contributed by atoms with Crippen molar-refractivity contribution in [3.63, 3.8) is 0 Å². The molecule has 0 aromatic heterocycles. The lowest BCUT2D eigenvalue weighted by atomic mass is 9.66. The van der Waals surface area contributed by atoms with Crippen molar-refractivity contribution in [1.29, 1.82) is 0 Å². The third-order valence-corrected chi connectivity index (χ3v) is 16.5. The highest BCUT2D eigenvalue weighted by molar-refractivity contribution is 8.00. The molecule has 10 bridgehead atoms. The van der Waals surface area contributed by atoms with Crippen LogP contribution in [0.15, 0.2) is 30.3 Å². The zero-order valence-electron chi connectivity index (χ0n) is 27.3. The molecule has 1 aromatic carbocycles. The van der Waals surface area contributed by atoms with Crippen molar-refractivity contribution in [2.45, 2.75) is 169 Å². The van der Waals surface area contributed by atoms with E-state index in [1.54, 1.807) is 0 Å². The van der Waals surface area contributed by atoms with Crippen LogP contribution in [0, 0.1) is 35.5 Å². The zero-order valence-corrected chi connectivity index (χ0v) is 28.1. The molecule has 3 N–H and O–H groups in total. The topological polar surface area (TPSA) is 39.3 Å². The summed E-state index contributed by atoms with van der Waals surface area (Å²) in [5.41, 5.74) is 1.42. The second kappa shape index (κ2) is 12.8. The molecule has 14 atom stereocenters. The van der Waals surface area contributed by atoms with E-state index in [9.17, 15) is 0 Å². The van der Waals surface area contributed by atoms with Crippen molar-refractivity contribution in [1.82, 2.24) is 20.9 Å². The highest BCUT2D eigenvalue weighted by atomic mass is 32.2. The number of rotatable bonds is 1. The molecule has 5 aliphatic carbocycles. The average Bonchev–Trinajstić information content (AvgIpc) is 3.10. The van der Waals surface area contributed by atoms with Crippen molar-refractivity contribution in [2.24, 2.45) is 35.5 Å². The molecule has 5 saturated carbocycles. The van der Waals surface area contributed by atoms with Crippen LogP contribution in [-0.4, -0.2) is 45.9 Å². The number of hydrogen-bond donors (Lipinski definition) is 3. The number of thioether (sulfide) groups is 1.